The smallest absolute Gasteiger partial charge is 0.242 e. The lowest BCUT2D eigenvalue weighted by atomic mass is 9.94. The summed E-state index contributed by atoms with van der Waals surface area (Å²) in [5, 5.41) is 7.66. The molecule has 0 radical (unpaired) electrons. The van der Waals surface area contributed by atoms with Crippen molar-refractivity contribution in [3.05, 3.63) is 131 Å². The van der Waals surface area contributed by atoms with E-state index in [9.17, 15) is 18.0 Å². The molecule has 0 spiro atoms. The Balaban J connectivity index is 1.31. The number of amides is 1. The number of pyridine rings is 1. The zero-order chi connectivity index (χ0) is 32.9. The van der Waals surface area contributed by atoms with Crippen LogP contribution in [0.15, 0.2) is 79.8 Å². The van der Waals surface area contributed by atoms with Crippen molar-refractivity contribution >= 4 is 11.6 Å². The molecule has 5 aromatic rings. The second-order valence-corrected chi connectivity index (χ2v) is 11.3. The Hall–Kier alpha value is -5.52. The third-order valence-corrected chi connectivity index (χ3v) is 7.96. The number of fused-ring (bicyclic) bond motifs is 1. The monoisotopic (exact) mass is 639 g/mol. The summed E-state index contributed by atoms with van der Waals surface area (Å²) in [4.78, 5) is 26.7. The molecule has 6 rings (SSSR count). The fourth-order valence-corrected chi connectivity index (χ4v) is 5.85. The van der Waals surface area contributed by atoms with Crippen molar-refractivity contribution in [2.45, 2.75) is 51.3 Å². The summed E-state index contributed by atoms with van der Waals surface area (Å²) >= 11 is 0. The highest BCUT2D eigenvalue weighted by atomic mass is 19.1. The molecule has 1 aliphatic carbocycles. The first-order valence-corrected chi connectivity index (χ1v) is 15.2. The largest absolute Gasteiger partial charge is 0.468 e. The Labute approximate surface area is 269 Å². The Kier molecular flexibility index (Phi) is 9.28. The number of aromatic nitrogens is 5. The molecule has 240 valence electrons. The van der Waals surface area contributed by atoms with Crippen molar-refractivity contribution in [2.75, 3.05) is 0 Å². The second-order valence-electron chi connectivity index (χ2n) is 11.3. The zero-order valence-corrected chi connectivity index (χ0v) is 25.4. The van der Waals surface area contributed by atoms with Gasteiger partial charge in [0, 0.05) is 52.7 Å². The molecule has 3 heterocycles. The van der Waals surface area contributed by atoms with Crippen LogP contribution in [0, 0.1) is 17.5 Å². The molecule has 1 atom stereocenters. The van der Waals surface area contributed by atoms with Gasteiger partial charge in [-0.2, -0.15) is 0 Å². The molecule has 3 aromatic heterocycles. The minimum absolute atomic E-state index is 0.0186. The van der Waals surface area contributed by atoms with Gasteiger partial charge in [0.15, 0.2) is 5.82 Å². The summed E-state index contributed by atoms with van der Waals surface area (Å²) in [6, 6.07) is 12.0. The van der Waals surface area contributed by atoms with E-state index < -0.39 is 29.4 Å². The Morgan fingerprint density at radius 2 is 1.72 bits per heavy atom. The van der Waals surface area contributed by atoms with E-state index in [1.54, 1.807) is 53.6 Å². The van der Waals surface area contributed by atoms with Crippen molar-refractivity contribution in [1.29, 1.82) is 0 Å². The van der Waals surface area contributed by atoms with Crippen LogP contribution in [-0.4, -0.2) is 30.6 Å². The fourth-order valence-electron chi connectivity index (χ4n) is 5.85. The topological polar surface area (TPSA) is 121 Å². The summed E-state index contributed by atoms with van der Waals surface area (Å²) in [5.41, 5.74) is 9.76. The average Bonchev–Trinajstić information content (AvgIpc) is 3.40. The van der Waals surface area contributed by atoms with Crippen LogP contribution in [0.2, 0.25) is 0 Å². The second kappa shape index (κ2) is 13.9. The SMILES string of the molecule is C=C(N)c1cc(-c2cccnc2[C@H](Cc2cc(F)cc(F)c2)NC(=O)Cn2nc(OCc3ncccn3)c3c2CCCC3)ccc1F. The van der Waals surface area contributed by atoms with E-state index in [0.717, 1.165) is 43.0 Å². The van der Waals surface area contributed by atoms with E-state index >= 15 is 0 Å². The molecular formula is C35H32F3N7O2. The first-order valence-electron chi connectivity index (χ1n) is 15.2. The van der Waals surface area contributed by atoms with Crippen LogP contribution in [0.3, 0.4) is 0 Å². The lowest BCUT2D eigenvalue weighted by molar-refractivity contribution is -0.122. The molecule has 47 heavy (non-hydrogen) atoms. The highest BCUT2D eigenvalue weighted by Gasteiger charge is 2.26. The fraction of sp³-hybridized carbons (Fsp3) is 0.229. The van der Waals surface area contributed by atoms with Crippen molar-refractivity contribution in [3.8, 4) is 17.0 Å². The first-order chi connectivity index (χ1) is 22.7. The van der Waals surface area contributed by atoms with Gasteiger partial charge in [0.1, 0.15) is 30.6 Å². The van der Waals surface area contributed by atoms with Gasteiger partial charge < -0.3 is 15.8 Å². The molecule has 12 heteroatoms. The third kappa shape index (κ3) is 7.32. The number of nitrogens with zero attached hydrogens (tertiary/aromatic N) is 5. The van der Waals surface area contributed by atoms with E-state index in [4.69, 9.17) is 10.5 Å². The van der Waals surface area contributed by atoms with Crippen LogP contribution < -0.4 is 15.8 Å². The number of carbonyl (C=O) groups excluding carboxylic acids is 1. The van der Waals surface area contributed by atoms with Gasteiger partial charge in [0.2, 0.25) is 11.8 Å². The van der Waals surface area contributed by atoms with Gasteiger partial charge >= 0.3 is 0 Å². The predicted octanol–water partition coefficient (Wildman–Crippen LogP) is 5.64. The van der Waals surface area contributed by atoms with Crippen molar-refractivity contribution in [3.63, 3.8) is 0 Å². The molecule has 1 amide bonds. The number of nitrogens with one attached hydrogen (secondary N) is 1. The number of carbonyl (C=O) groups is 1. The van der Waals surface area contributed by atoms with Crippen LogP contribution in [0.4, 0.5) is 13.2 Å². The molecule has 0 aliphatic heterocycles. The maximum absolute atomic E-state index is 14.5. The van der Waals surface area contributed by atoms with Crippen molar-refractivity contribution in [1.82, 2.24) is 30.0 Å². The van der Waals surface area contributed by atoms with Crippen LogP contribution in [0.25, 0.3) is 16.8 Å². The minimum Gasteiger partial charge on any atom is -0.468 e. The number of hydrogen-bond acceptors (Lipinski definition) is 7. The number of nitrogens with two attached hydrogens (primary N) is 1. The van der Waals surface area contributed by atoms with Gasteiger partial charge in [0.25, 0.3) is 0 Å². The molecule has 0 saturated heterocycles. The Bertz CT molecular complexity index is 1910. The highest BCUT2D eigenvalue weighted by molar-refractivity contribution is 5.78. The Morgan fingerprint density at radius 1 is 0.979 bits per heavy atom. The van der Waals surface area contributed by atoms with Crippen LogP contribution in [0.1, 0.15) is 52.8 Å². The lowest BCUT2D eigenvalue weighted by Crippen LogP contribution is -2.34. The standard InChI is InChI=1S/C35H32F3N7O2/c1-21(39)28-17-23(9-10-29(28)38)26-7-4-11-42-34(26)30(16-22-14-24(36)18-25(37)15-22)43-33(46)19-45-31-8-3-2-6-27(31)35(44-45)47-20-32-40-12-5-13-41-32/h4-5,7,9-15,17-18,30H,1-3,6,8,16,19-20,39H2,(H,43,46)/t30-/m0/s1. The normalized spacial score (nSPS) is 13.1. The molecular weight excluding hydrogens is 607 g/mol. The van der Waals surface area contributed by atoms with Gasteiger partial charge in [-0.15, -0.1) is 5.10 Å². The van der Waals surface area contributed by atoms with Gasteiger partial charge in [0.05, 0.1) is 11.7 Å². The van der Waals surface area contributed by atoms with E-state index in [0.29, 0.717) is 34.1 Å². The van der Waals surface area contributed by atoms with Crippen LogP contribution in [-0.2, 0) is 37.2 Å². The summed E-state index contributed by atoms with van der Waals surface area (Å²) in [6.07, 6.45) is 8.26. The maximum atomic E-state index is 14.5. The predicted molar refractivity (Wildman–Crippen MR) is 169 cm³/mol. The van der Waals surface area contributed by atoms with Gasteiger partial charge in [-0.3, -0.25) is 14.5 Å². The van der Waals surface area contributed by atoms with Crippen molar-refractivity contribution in [2.24, 2.45) is 5.73 Å². The molecule has 3 N–H and O–H groups in total. The first kappa shape index (κ1) is 31.5. The van der Waals surface area contributed by atoms with Crippen molar-refractivity contribution < 1.29 is 22.7 Å². The quantitative estimate of drug-likeness (QED) is 0.192. The van der Waals surface area contributed by atoms with E-state index in [2.05, 4.69) is 31.9 Å². The van der Waals surface area contributed by atoms with E-state index in [-0.39, 0.29) is 30.8 Å². The van der Waals surface area contributed by atoms with Gasteiger partial charge in [-0.25, -0.2) is 23.1 Å². The maximum Gasteiger partial charge on any atom is 0.242 e. The van der Waals surface area contributed by atoms with Crippen LogP contribution in [0.5, 0.6) is 5.88 Å². The summed E-state index contributed by atoms with van der Waals surface area (Å²) in [5.74, 6) is -1.47. The summed E-state index contributed by atoms with van der Waals surface area (Å²) in [7, 11) is 0. The molecule has 0 saturated carbocycles. The number of halogens is 3. The minimum atomic E-state index is -0.827. The van der Waals surface area contributed by atoms with Gasteiger partial charge in [-0.1, -0.05) is 18.7 Å². The number of ether oxygens (including phenoxy) is 1. The van der Waals surface area contributed by atoms with Crippen LogP contribution >= 0.6 is 0 Å². The molecule has 1 aliphatic rings. The molecule has 0 unspecified atom stereocenters. The molecule has 0 fully saturated rings. The lowest BCUT2D eigenvalue weighted by Gasteiger charge is -2.22. The van der Waals surface area contributed by atoms with E-state index in [1.165, 1.54) is 18.2 Å². The summed E-state index contributed by atoms with van der Waals surface area (Å²) in [6.45, 7) is 3.67. The molecule has 2 aromatic carbocycles. The number of hydrogen-bond donors (Lipinski definition) is 2. The van der Waals surface area contributed by atoms with Gasteiger partial charge in [-0.05, 0) is 79.6 Å². The zero-order valence-electron chi connectivity index (χ0n) is 25.4. The molecule has 0 bridgehead atoms. The third-order valence-electron chi connectivity index (χ3n) is 7.96. The average molecular weight is 640 g/mol. The highest BCUT2D eigenvalue weighted by Crippen LogP contribution is 2.32. The Morgan fingerprint density at radius 3 is 2.49 bits per heavy atom. The number of benzene rings is 2. The molecule has 9 nitrogen and oxygen atoms in total. The summed E-state index contributed by atoms with van der Waals surface area (Å²) < 4.78 is 50.6. The van der Waals surface area contributed by atoms with E-state index in [1.807, 2.05) is 0 Å². The number of rotatable bonds is 11.